The Morgan fingerprint density at radius 1 is 1.56 bits per heavy atom. The summed E-state index contributed by atoms with van der Waals surface area (Å²) in [5, 5.41) is 0. The molecule has 0 aliphatic heterocycles. The van der Waals surface area contributed by atoms with Crippen molar-refractivity contribution >= 4 is 0 Å². The van der Waals surface area contributed by atoms with Crippen molar-refractivity contribution in [2.75, 3.05) is 0 Å². The van der Waals surface area contributed by atoms with Crippen molar-refractivity contribution in [1.82, 2.24) is 0 Å². The molecule has 0 spiro atoms. The summed E-state index contributed by atoms with van der Waals surface area (Å²) in [6.07, 6.45) is 0.0707. The highest BCUT2D eigenvalue weighted by molar-refractivity contribution is 5.09. The second-order valence-corrected chi connectivity index (χ2v) is 2.37. The molecular formula is C6H9F2N. The van der Waals surface area contributed by atoms with Crippen molar-refractivity contribution in [3.8, 4) is 0 Å². The number of halogens is 2. The summed E-state index contributed by atoms with van der Waals surface area (Å²) in [5.41, 5.74) is 5.65. The van der Waals surface area contributed by atoms with Crippen LogP contribution < -0.4 is 5.73 Å². The Morgan fingerprint density at radius 3 is 2.44 bits per heavy atom. The summed E-state index contributed by atoms with van der Waals surface area (Å²) >= 11 is 0. The van der Waals surface area contributed by atoms with Gasteiger partial charge in [-0.3, -0.25) is 0 Å². The van der Waals surface area contributed by atoms with Crippen LogP contribution in [-0.2, 0) is 0 Å². The van der Waals surface area contributed by atoms with Gasteiger partial charge in [-0.05, 0) is 24.8 Å². The first-order valence-electron chi connectivity index (χ1n) is 2.98. The van der Waals surface area contributed by atoms with Gasteiger partial charge in [0.15, 0.2) is 0 Å². The lowest BCUT2D eigenvalue weighted by atomic mass is 10.2. The van der Waals surface area contributed by atoms with Crippen molar-refractivity contribution in [2.24, 2.45) is 5.73 Å². The average Bonchev–Trinajstić information content (AvgIpc) is 2.14. The fraction of sp³-hybridized carbons (Fsp3) is 0.667. The van der Waals surface area contributed by atoms with Crippen LogP contribution in [0.1, 0.15) is 19.3 Å². The Kier molecular flexibility index (Phi) is 1.81. The Morgan fingerprint density at radius 2 is 2.22 bits per heavy atom. The van der Waals surface area contributed by atoms with E-state index in [4.69, 9.17) is 5.73 Å². The maximum atomic E-state index is 11.7. The molecule has 1 atom stereocenters. The van der Waals surface area contributed by atoms with E-state index in [0.29, 0.717) is 19.3 Å². The van der Waals surface area contributed by atoms with Crippen LogP contribution in [0.25, 0.3) is 0 Å². The summed E-state index contributed by atoms with van der Waals surface area (Å²) in [4.78, 5) is 0. The first-order valence-corrected chi connectivity index (χ1v) is 2.98. The molecular weight excluding hydrogens is 124 g/mol. The fourth-order valence-electron chi connectivity index (χ4n) is 1.05. The molecule has 52 valence electrons. The lowest BCUT2D eigenvalue weighted by Gasteiger charge is -1.94. The third-order valence-electron chi connectivity index (χ3n) is 1.59. The van der Waals surface area contributed by atoms with Crippen LogP contribution in [-0.4, -0.2) is 6.04 Å². The van der Waals surface area contributed by atoms with Crippen molar-refractivity contribution in [1.29, 1.82) is 0 Å². The summed E-state index contributed by atoms with van der Waals surface area (Å²) in [7, 11) is 0. The van der Waals surface area contributed by atoms with Crippen molar-refractivity contribution in [3.05, 3.63) is 11.7 Å². The molecule has 1 rings (SSSR count). The van der Waals surface area contributed by atoms with Crippen molar-refractivity contribution < 1.29 is 8.78 Å². The quantitative estimate of drug-likeness (QED) is 0.534. The second-order valence-electron chi connectivity index (χ2n) is 2.37. The van der Waals surface area contributed by atoms with E-state index >= 15 is 0 Å². The van der Waals surface area contributed by atoms with E-state index in [9.17, 15) is 8.78 Å². The molecule has 0 aromatic heterocycles. The molecule has 0 aromatic rings. The summed E-state index contributed by atoms with van der Waals surface area (Å²) < 4.78 is 23.5. The van der Waals surface area contributed by atoms with Crippen LogP contribution in [0.15, 0.2) is 11.7 Å². The minimum atomic E-state index is -1.53. The normalized spacial score (nSPS) is 27.0. The fourth-order valence-corrected chi connectivity index (χ4v) is 1.05. The smallest absolute Gasteiger partial charge is 0.269 e. The highest BCUT2D eigenvalue weighted by Crippen LogP contribution is 2.27. The van der Waals surface area contributed by atoms with Gasteiger partial charge in [-0.1, -0.05) is 0 Å². The van der Waals surface area contributed by atoms with Crippen LogP contribution in [0.5, 0.6) is 0 Å². The van der Waals surface area contributed by atoms with Gasteiger partial charge in [-0.2, -0.15) is 8.78 Å². The minimum absolute atomic E-state index is 0.0264. The van der Waals surface area contributed by atoms with Gasteiger partial charge in [0.05, 0.1) is 0 Å². The van der Waals surface area contributed by atoms with Gasteiger partial charge < -0.3 is 5.73 Å². The van der Waals surface area contributed by atoms with E-state index in [1.807, 2.05) is 0 Å². The average molecular weight is 133 g/mol. The molecule has 0 bridgehead atoms. The number of rotatable bonds is 0. The number of nitrogens with two attached hydrogens (primary N) is 1. The predicted octanol–water partition coefficient (Wildman–Crippen LogP) is 1.65. The summed E-state index contributed by atoms with van der Waals surface area (Å²) in [6, 6.07) is -0.0264. The molecule has 3 heteroatoms. The molecule has 1 saturated carbocycles. The minimum Gasteiger partial charge on any atom is -0.327 e. The SMILES string of the molecule is NC1CCC(=C(F)F)C1. The molecule has 9 heavy (non-hydrogen) atoms. The van der Waals surface area contributed by atoms with E-state index in [1.54, 1.807) is 0 Å². The molecule has 1 unspecified atom stereocenters. The zero-order chi connectivity index (χ0) is 6.85. The van der Waals surface area contributed by atoms with Gasteiger partial charge in [0, 0.05) is 6.04 Å². The zero-order valence-corrected chi connectivity index (χ0v) is 5.03. The van der Waals surface area contributed by atoms with Gasteiger partial charge in [0.2, 0.25) is 0 Å². The van der Waals surface area contributed by atoms with E-state index in [1.165, 1.54) is 0 Å². The Hall–Kier alpha value is -0.440. The van der Waals surface area contributed by atoms with Crippen LogP contribution >= 0.6 is 0 Å². The first kappa shape index (κ1) is 6.68. The first-order chi connectivity index (χ1) is 4.20. The van der Waals surface area contributed by atoms with Gasteiger partial charge in [-0.25, -0.2) is 0 Å². The Bertz CT molecular complexity index is 138. The standard InChI is InChI=1S/C6H9F2N/c7-6(8)4-1-2-5(9)3-4/h5H,1-3,9H2. The Labute approximate surface area is 52.5 Å². The molecule has 0 radical (unpaired) electrons. The number of hydrogen-bond acceptors (Lipinski definition) is 1. The molecule has 0 aromatic carbocycles. The van der Waals surface area contributed by atoms with E-state index in [-0.39, 0.29) is 11.6 Å². The lowest BCUT2D eigenvalue weighted by Crippen LogP contribution is -2.13. The molecule has 0 heterocycles. The van der Waals surface area contributed by atoms with Gasteiger partial charge in [0.25, 0.3) is 6.08 Å². The summed E-state index contributed by atoms with van der Waals surface area (Å²) in [5.74, 6) is 0. The van der Waals surface area contributed by atoms with Gasteiger partial charge in [-0.15, -0.1) is 0 Å². The third-order valence-corrected chi connectivity index (χ3v) is 1.59. The lowest BCUT2D eigenvalue weighted by molar-refractivity contribution is 0.408. The van der Waals surface area contributed by atoms with Crippen molar-refractivity contribution in [2.45, 2.75) is 25.3 Å². The molecule has 0 saturated heterocycles. The van der Waals surface area contributed by atoms with E-state index in [2.05, 4.69) is 0 Å². The van der Waals surface area contributed by atoms with Crippen molar-refractivity contribution in [3.63, 3.8) is 0 Å². The highest BCUT2D eigenvalue weighted by atomic mass is 19.3. The molecule has 1 aliphatic rings. The summed E-state index contributed by atoms with van der Waals surface area (Å²) in [6.45, 7) is 0. The van der Waals surface area contributed by atoms with Crippen LogP contribution in [0, 0.1) is 0 Å². The van der Waals surface area contributed by atoms with Crippen LogP contribution in [0.2, 0.25) is 0 Å². The number of hydrogen-bond donors (Lipinski definition) is 1. The largest absolute Gasteiger partial charge is 0.327 e. The third kappa shape index (κ3) is 1.48. The molecule has 1 aliphatic carbocycles. The Balaban J connectivity index is 2.58. The molecule has 1 nitrogen and oxygen atoms in total. The predicted molar refractivity (Wildman–Crippen MR) is 31.1 cm³/mol. The maximum absolute atomic E-state index is 11.7. The highest BCUT2D eigenvalue weighted by Gasteiger charge is 2.18. The van der Waals surface area contributed by atoms with E-state index < -0.39 is 6.08 Å². The second kappa shape index (κ2) is 2.43. The van der Waals surface area contributed by atoms with Gasteiger partial charge >= 0.3 is 0 Å². The molecule has 0 amide bonds. The van der Waals surface area contributed by atoms with Gasteiger partial charge in [0.1, 0.15) is 0 Å². The topological polar surface area (TPSA) is 26.0 Å². The van der Waals surface area contributed by atoms with Crippen LogP contribution in [0.4, 0.5) is 8.78 Å². The molecule has 1 fully saturated rings. The maximum Gasteiger partial charge on any atom is 0.269 e. The molecule has 2 N–H and O–H groups in total. The monoisotopic (exact) mass is 133 g/mol. The van der Waals surface area contributed by atoms with E-state index in [0.717, 1.165) is 0 Å². The van der Waals surface area contributed by atoms with Crippen LogP contribution in [0.3, 0.4) is 0 Å². The zero-order valence-electron chi connectivity index (χ0n) is 5.03.